The smallest absolute Gasteiger partial charge is 0.261 e. The lowest BCUT2D eigenvalue weighted by atomic mass is 10.1. The van der Waals surface area contributed by atoms with E-state index in [9.17, 15) is 4.79 Å². The molecule has 22 heavy (non-hydrogen) atoms. The molecule has 0 spiro atoms. The third kappa shape index (κ3) is 4.71. The third-order valence-electron chi connectivity index (χ3n) is 3.29. The normalized spacial score (nSPS) is 11.6. The van der Waals surface area contributed by atoms with Crippen LogP contribution in [-0.4, -0.2) is 25.5 Å². The fraction of sp³-hybridized carbons (Fsp3) is 0.312. The van der Waals surface area contributed by atoms with Gasteiger partial charge in [-0.1, -0.05) is 23.7 Å². The van der Waals surface area contributed by atoms with Crippen LogP contribution in [0.2, 0.25) is 5.02 Å². The Morgan fingerprint density at radius 2 is 2.09 bits per heavy atom. The van der Waals surface area contributed by atoms with Gasteiger partial charge >= 0.3 is 0 Å². The molecule has 0 aliphatic carbocycles. The lowest BCUT2D eigenvalue weighted by molar-refractivity contribution is 0.0954. The molecule has 0 radical (unpaired) electrons. The second-order valence-electron chi connectivity index (χ2n) is 5.03. The zero-order valence-electron chi connectivity index (χ0n) is 12.8. The summed E-state index contributed by atoms with van der Waals surface area (Å²) in [6, 6.07) is 9.88. The van der Waals surface area contributed by atoms with Crippen molar-refractivity contribution in [2.45, 2.75) is 19.9 Å². The summed E-state index contributed by atoms with van der Waals surface area (Å²) in [6.45, 7) is 4.65. The Labute approximate surface area is 146 Å². The first-order valence-corrected chi connectivity index (χ1v) is 8.02. The minimum absolute atomic E-state index is 0. The quantitative estimate of drug-likeness (QED) is 0.843. The number of halogens is 2. The monoisotopic (exact) mass is 358 g/mol. The summed E-state index contributed by atoms with van der Waals surface area (Å²) in [5.74, 6) is -0.0292. The molecule has 0 saturated heterocycles. The second kappa shape index (κ2) is 8.53. The van der Waals surface area contributed by atoms with Gasteiger partial charge in [-0.05, 0) is 50.2 Å². The first-order chi connectivity index (χ1) is 10.0. The van der Waals surface area contributed by atoms with Crippen molar-refractivity contribution in [3.05, 3.63) is 45.8 Å². The summed E-state index contributed by atoms with van der Waals surface area (Å²) in [7, 11) is 1.88. The predicted octanol–water partition coefficient (Wildman–Crippen LogP) is 4.14. The SMILES string of the molecule is CNC(C)CNC(=O)c1cc(C)c(-c2cccc(Cl)c2)s1.Cl. The Morgan fingerprint density at radius 1 is 1.36 bits per heavy atom. The van der Waals surface area contributed by atoms with Crippen molar-refractivity contribution >= 4 is 41.3 Å². The number of hydrogen-bond acceptors (Lipinski definition) is 3. The number of rotatable bonds is 5. The van der Waals surface area contributed by atoms with Crippen molar-refractivity contribution in [2.75, 3.05) is 13.6 Å². The highest BCUT2D eigenvalue weighted by Crippen LogP contribution is 2.33. The standard InChI is InChI=1S/C16H19ClN2OS.ClH/c1-10-7-14(16(20)19-9-11(2)18-3)21-15(10)12-5-4-6-13(17)8-12;/h4-8,11,18H,9H2,1-3H3,(H,19,20);1H. The van der Waals surface area contributed by atoms with Crippen LogP contribution >= 0.6 is 35.3 Å². The van der Waals surface area contributed by atoms with E-state index in [0.29, 0.717) is 11.6 Å². The van der Waals surface area contributed by atoms with Gasteiger partial charge in [-0.25, -0.2) is 0 Å². The number of amides is 1. The maximum atomic E-state index is 12.2. The zero-order valence-corrected chi connectivity index (χ0v) is 15.2. The minimum atomic E-state index is -0.0292. The predicted molar refractivity (Wildman–Crippen MR) is 97.6 cm³/mol. The van der Waals surface area contributed by atoms with E-state index >= 15 is 0 Å². The Balaban J connectivity index is 0.00000242. The van der Waals surface area contributed by atoms with Crippen LogP contribution < -0.4 is 10.6 Å². The molecule has 1 aromatic heterocycles. The molecule has 120 valence electrons. The molecule has 1 atom stereocenters. The lowest BCUT2D eigenvalue weighted by Gasteiger charge is -2.10. The molecular weight excluding hydrogens is 339 g/mol. The van der Waals surface area contributed by atoms with Gasteiger partial charge in [0.05, 0.1) is 4.88 Å². The third-order valence-corrected chi connectivity index (χ3v) is 4.81. The van der Waals surface area contributed by atoms with E-state index in [0.717, 1.165) is 20.9 Å². The van der Waals surface area contributed by atoms with Crippen LogP contribution in [0, 0.1) is 6.92 Å². The van der Waals surface area contributed by atoms with Crippen molar-refractivity contribution in [1.29, 1.82) is 0 Å². The molecule has 0 aliphatic rings. The van der Waals surface area contributed by atoms with Crippen molar-refractivity contribution in [3.8, 4) is 10.4 Å². The van der Waals surface area contributed by atoms with Crippen LogP contribution in [0.3, 0.4) is 0 Å². The molecule has 0 bridgehead atoms. The molecule has 6 heteroatoms. The largest absolute Gasteiger partial charge is 0.350 e. The molecule has 1 amide bonds. The van der Waals surface area contributed by atoms with Gasteiger partial charge in [-0.15, -0.1) is 23.7 Å². The lowest BCUT2D eigenvalue weighted by Crippen LogP contribution is -2.36. The van der Waals surface area contributed by atoms with E-state index in [1.807, 2.05) is 51.2 Å². The number of thiophene rings is 1. The number of hydrogen-bond donors (Lipinski definition) is 2. The van der Waals surface area contributed by atoms with E-state index in [2.05, 4.69) is 10.6 Å². The van der Waals surface area contributed by atoms with Gasteiger partial charge in [0.15, 0.2) is 0 Å². The Hall–Kier alpha value is -1.07. The van der Waals surface area contributed by atoms with Crippen molar-refractivity contribution < 1.29 is 4.79 Å². The van der Waals surface area contributed by atoms with Crippen LogP contribution in [0.5, 0.6) is 0 Å². The molecule has 2 aromatic rings. The number of likely N-dealkylation sites (N-methyl/N-ethyl adjacent to an activating group) is 1. The first kappa shape index (κ1) is 19.0. The summed E-state index contributed by atoms with van der Waals surface area (Å²) in [6.07, 6.45) is 0. The van der Waals surface area contributed by atoms with Gasteiger partial charge in [0.2, 0.25) is 0 Å². The molecule has 1 aromatic carbocycles. The number of benzene rings is 1. The van der Waals surface area contributed by atoms with Crippen LogP contribution in [0.1, 0.15) is 22.2 Å². The molecule has 2 N–H and O–H groups in total. The van der Waals surface area contributed by atoms with Gasteiger partial charge in [0, 0.05) is 22.5 Å². The first-order valence-electron chi connectivity index (χ1n) is 6.83. The van der Waals surface area contributed by atoms with E-state index < -0.39 is 0 Å². The second-order valence-corrected chi connectivity index (χ2v) is 6.52. The van der Waals surface area contributed by atoms with Gasteiger partial charge < -0.3 is 10.6 Å². The Morgan fingerprint density at radius 3 is 2.73 bits per heavy atom. The highest BCUT2D eigenvalue weighted by atomic mass is 35.5. The summed E-state index contributed by atoms with van der Waals surface area (Å²) in [5.41, 5.74) is 2.14. The fourth-order valence-electron chi connectivity index (χ4n) is 1.95. The van der Waals surface area contributed by atoms with Gasteiger partial charge in [-0.2, -0.15) is 0 Å². The van der Waals surface area contributed by atoms with Gasteiger partial charge in [-0.3, -0.25) is 4.79 Å². The van der Waals surface area contributed by atoms with Crippen molar-refractivity contribution in [3.63, 3.8) is 0 Å². The highest BCUT2D eigenvalue weighted by molar-refractivity contribution is 7.17. The average Bonchev–Trinajstić information content (AvgIpc) is 2.86. The molecule has 0 aliphatic heterocycles. The summed E-state index contributed by atoms with van der Waals surface area (Å²) in [5, 5.41) is 6.73. The zero-order chi connectivity index (χ0) is 15.4. The van der Waals surface area contributed by atoms with Gasteiger partial charge in [0.1, 0.15) is 0 Å². The van der Waals surface area contributed by atoms with Crippen LogP contribution in [0.15, 0.2) is 30.3 Å². The van der Waals surface area contributed by atoms with Crippen LogP contribution in [-0.2, 0) is 0 Å². The molecule has 3 nitrogen and oxygen atoms in total. The number of carbonyl (C=O) groups is 1. The summed E-state index contributed by atoms with van der Waals surface area (Å²) in [4.78, 5) is 14.0. The fourth-order valence-corrected chi connectivity index (χ4v) is 3.22. The molecule has 1 heterocycles. The van der Waals surface area contributed by atoms with E-state index in [4.69, 9.17) is 11.6 Å². The van der Waals surface area contributed by atoms with Crippen molar-refractivity contribution in [1.82, 2.24) is 10.6 Å². The van der Waals surface area contributed by atoms with Gasteiger partial charge in [0.25, 0.3) is 5.91 Å². The van der Waals surface area contributed by atoms with E-state index in [1.54, 1.807) is 0 Å². The molecule has 0 saturated carbocycles. The number of nitrogens with one attached hydrogen (secondary N) is 2. The van der Waals surface area contributed by atoms with Crippen LogP contribution in [0.25, 0.3) is 10.4 Å². The van der Waals surface area contributed by atoms with Crippen molar-refractivity contribution in [2.24, 2.45) is 0 Å². The minimum Gasteiger partial charge on any atom is -0.350 e. The maximum absolute atomic E-state index is 12.2. The molecule has 2 rings (SSSR count). The maximum Gasteiger partial charge on any atom is 0.261 e. The summed E-state index contributed by atoms with van der Waals surface area (Å²) < 4.78 is 0. The average molecular weight is 359 g/mol. The highest BCUT2D eigenvalue weighted by Gasteiger charge is 2.14. The van der Waals surface area contributed by atoms with Crippen LogP contribution in [0.4, 0.5) is 0 Å². The topological polar surface area (TPSA) is 41.1 Å². The molecular formula is C16H20Cl2N2OS. The van der Waals surface area contributed by atoms with E-state index in [1.165, 1.54) is 11.3 Å². The Kier molecular flexibility index (Phi) is 7.36. The summed E-state index contributed by atoms with van der Waals surface area (Å²) >= 11 is 7.53. The Bertz CT molecular complexity index is 643. The van der Waals surface area contributed by atoms with E-state index in [-0.39, 0.29) is 24.4 Å². The number of carbonyl (C=O) groups excluding carboxylic acids is 1. The number of aryl methyl sites for hydroxylation is 1. The molecule has 1 unspecified atom stereocenters. The molecule has 0 fully saturated rings.